The van der Waals surface area contributed by atoms with Gasteiger partial charge in [0.2, 0.25) is 0 Å². The van der Waals surface area contributed by atoms with Gasteiger partial charge in [0, 0.05) is 33.8 Å². The van der Waals surface area contributed by atoms with E-state index in [9.17, 15) is 0 Å². The van der Waals surface area contributed by atoms with Gasteiger partial charge in [0.25, 0.3) is 0 Å². The maximum atomic E-state index is 6.77. The van der Waals surface area contributed by atoms with Gasteiger partial charge in [-0.15, -0.1) is 0 Å². The third-order valence-electron chi connectivity index (χ3n) is 14.9. The summed E-state index contributed by atoms with van der Waals surface area (Å²) in [5.74, 6) is 3.32. The number of pyridine rings is 1. The van der Waals surface area contributed by atoms with Crippen molar-refractivity contribution in [3.8, 4) is 5.75 Å². The standard InChI is InChI=1S/C59H44N4O/c1-35-31-51(62(54-27-20-37-33-48(37)61-54)49-17-11-15-43-41-14-6-3-5-13-40(41)42-23-24-44(42)55(43)49)45-25-21-39-36(2)32-52(46-26-22-38(35)56(45)57(39)46)63(53-19-7-10-30-60-53)50-18-12-16-47-58(50)64-34-59(47)28-8-4-9-29-59/h3-13,15-28,30-32,37,48H,14,29,33-34H2,1-2H3. The third kappa shape index (κ3) is 5.01. The predicted octanol–water partition coefficient (Wildman–Crippen LogP) is 12.6. The summed E-state index contributed by atoms with van der Waals surface area (Å²) in [6, 6.07) is 34.2. The van der Waals surface area contributed by atoms with Gasteiger partial charge in [-0.05, 0) is 135 Å². The van der Waals surface area contributed by atoms with Crippen LogP contribution in [0.3, 0.4) is 0 Å². The van der Waals surface area contributed by atoms with Crippen LogP contribution in [0.5, 0.6) is 5.75 Å². The fraction of sp³-hybridized carbons (Fsp3) is 0.153. The highest BCUT2D eigenvalue weighted by molar-refractivity contribution is 6.31. The first-order chi connectivity index (χ1) is 31.5. The van der Waals surface area contributed by atoms with Crippen molar-refractivity contribution in [2.75, 3.05) is 16.4 Å². The molecule has 0 bridgehead atoms. The van der Waals surface area contributed by atoms with Crippen molar-refractivity contribution < 1.29 is 4.74 Å². The quantitative estimate of drug-likeness (QED) is 0.162. The number of ether oxygens (including phenoxy) is 1. The van der Waals surface area contributed by atoms with E-state index in [1.807, 2.05) is 12.3 Å². The first-order valence-electron chi connectivity index (χ1n) is 22.8. The molecule has 3 heterocycles. The third-order valence-corrected chi connectivity index (χ3v) is 14.9. The highest BCUT2D eigenvalue weighted by Gasteiger charge is 2.41. The Kier molecular flexibility index (Phi) is 7.46. The van der Waals surface area contributed by atoms with Crippen molar-refractivity contribution in [1.82, 2.24) is 4.98 Å². The van der Waals surface area contributed by atoms with Crippen LogP contribution in [0.25, 0.3) is 61.3 Å². The maximum absolute atomic E-state index is 6.77. The first-order valence-corrected chi connectivity index (χ1v) is 22.8. The number of rotatable bonds is 5. The highest BCUT2D eigenvalue weighted by Crippen LogP contribution is 2.54. The number of benzene rings is 7. The molecule has 14 rings (SSSR count). The lowest BCUT2D eigenvalue weighted by molar-refractivity contribution is 0.297. The number of hydrogen-bond acceptors (Lipinski definition) is 5. The summed E-state index contributed by atoms with van der Waals surface area (Å²) in [7, 11) is 0. The van der Waals surface area contributed by atoms with E-state index in [2.05, 4.69) is 181 Å². The van der Waals surface area contributed by atoms with E-state index < -0.39 is 0 Å². The average Bonchev–Trinajstić information content (AvgIpc) is 4.07. The molecule has 1 aromatic heterocycles. The number of nitrogens with zero attached hydrogens (tertiary/aromatic N) is 4. The zero-order valence-electron chi connectivity index (χ0n) is 35.8. The Hall–Kier alpha value is -7.50. The molecule has 3 atom stereocenters. The number of hydrogen-bond donors (Lipinski definition) is 0. The van der Waals surface area contributed by atoms with Crippen molar-refractivity contribution in [1.29, 1.82) is 0 Å². The van der Waals surface area contributed by atoms with E-state index in [4.69, 9.17) is 14.7 Å². The molecule has 3 unspecified atom stereocenters. The van der Waals surface area contributed by atoms with E-state index in [0.717, 1.165) is 53.7 Å². The molecule has 1 spiro atoms. The second-order valence-electron chi connectivity index (χ2n) is 18.5. The summed E-state index contributed by atoms with van der Waals surface area (Å²) >= 11 is 0. The molecule has 1 saturated carbocycles. The molecule has 6 aliphatic rings. The van der Waals surface area contributed by atoms with Gasteiger partial charge in [0.1, 0.15) is 24.0 Å². The fourth-order valence-electron chi connectivity index (χ4n) is 11.6. The van der Waals surface area contributed by atoms with Crippen molar-refractivity contribution in [3.63, 3.8) is 0 Å². The summed E-state index contributed by atoms with van der Waals surface area (Å²) in [4.78, 5) is 15.3. The van der Waals surface area contributed by atoms with Crippen LogP contribution in [0.15, 0.2) is 157 Å². The SMILES string of the molecule is Cc1cc(N(C2=NC3CC3C=C2)c2cccc3c4c(c5c(c23)=CC=5)C=CC=CC4)c2ccc3c(C)cc(N(c4ccccn4)c4cccc5c4OCC54C=CC=CC4)c4ccc1c2c34. The summed E-state index contributed by atoms with van der Waals surface area (Å²) < 4.78 is 6.77. The zero-order valence-corrected chi connectivity index (χ0v) is 35.8. The van der Waals surface area contributed by atoms with Gasteiger partial charge >= 0.3 is 0 Å². The van der Waals surface area contributed by atoms with E-state index in [1.54, 1.807) is 0 Å². The monoisotopic (exact) mass is 824 g/mol. The van der Waals surface area contributed by atoms with Crippen molar-refractivity contribution in [3.05, 3.63) is 190 Å². The number of aliphatic imine (C=N–C) groups is 1. The largest absolute Gasteiger partial charge is 0.490 e. The number of aromatic nitrogens is 1. The molecule has 8 aromatic rings. The van der Waals surface area contributed by atoms with Gasteiger partial charge in [-0.3, -0.25) is 14.8 Å². The number of dihydropyridines is 1. The Morgan fingerprint density at radius 3 is 2.17 bits per heavy atom. The molecule has 306 valence electrons. The van der Waals surface area contributed by atoms with Crippen LogP contribution in [0.4, 0.5) is 28.6 Å². The summed E-state index contributed by atoms with van der Waals surface area (Å²) in [5, 5.41) is 12.7. The Morgan fingerprint density at radius 1 is 0.656 bits per heavy atom. The molecule has 5 heteroatoms. The fourth-order valence-corrected chi connectivity index (χ4v) is 11.6. The van der Waals surface area contributed by atoms with Crippen molar-refractivity contribution in [2.24, 2.45) is 10.9 Å². The first kappa shape index (κ1) is 36.0. The Morgan fingerprint density at radius 2 is 1.42 bits per heavy atom. The van der Waals surface area contributed by atoms with Gasteiger partial charge in [-0.1, -0.05) is 121 Å². The zero-order chi connectivity index (χ0) is 42.3. The molecule has 0 N–H and O–H groups in total. The topological polar surface area (TPSA) is 41.0 Å². The van der Waals surface area contributed by atoms with Gasteiger partial charge in [-0.2, -0.15) is 0 Å². The maximum Gasteiger partial charge on any atom is 0.147 e. The van der Waals surface area contributed by atoms with E-state index in [-0.39, 0.29) is 5.41 Å². The molecule has 5 nitrogen and oxygen atoms in total. The van der Waals surface area contributed by atoms with Crippen LogP contribution in [0, 0.1) is 19.8 Å². The summed E-state index contributed by atoms with van der Waals surface area (Å²) in [5.41, 5.74) is 10.6. The number of allylic oxidation sites excluding steroid dienone is 6. The Bertz CT molecular complexity index is 3700. The smallest absolute Gasteiger partial charge is 0.147 e. The van der Waals surface area contributed by atoms with Gasteiger partial charge in [0.05, 0.1) is 34.2 Å². The minimum Gasteiger partial charge on any atom is -0.490 e. The molecule has 0 saturated heterocycles. The van der Waals surface area contributed by atoms with Gasteiger partial charge in [-0.25, -0.2) is 4.98 Å². The number of para-hydroxylation sites is 1. The number of amidine groups is 1. The molecular weight excluding hydrogens is 781 g/mol. The Balaban J connectivity index is 1.04. The summed E-state index contributed by atoms with van der Waals surface area (Å²) in [6.07, 6.45) is 31.9. The Labute approximate surface area is 371 Å². The normalized spacial score (nSPS) is 20.6. The number of aryl methyl sites for hydroxylation is 2. The minimum atomic E-state index is -0.180. The predicted molar refractivity (Wildman–Crippen MR) is 267 cm³/mol. The molecular formula is C59H44N4O. The lowest BCUT2D eigenvalue weighted by Crippen LogP contribution is -2.36. The van der Waals surface area contributed by atoms with Crippen LogP contribution in [0.1, 0.15) is 40.7 Å². The van der Waals surface area contributed by atoms with Gasteiger partial charge < -0.3 is 4.74 Å². The minimum absolute atomic E-state index is 0.180. The number of anilines is 5. The molecule has 64 heavy (non-hydrogen) atoms. The lowest BCUT2D eigenvalue weighted by atomic mass is 9.77. The second-order valence-corrected chi connectivity index (χ2v) is 18.5. The van der Waals surface area contributed by atoms with Gasteiger partial charge in [0.15, 0.2) is 0 Å². The molecule has 0 amide bonds. The van der Waals surface area contributed by atoms with E-state index in [1.165, 1.54) is 87.0 Å². The van der Waals surface area contributed by atoms with E-state index in [0.29, 0.717) is 18.6 Å². The molecule has 0 radical (unpaired) electrons. The highest BCUT2D eigenvalue weighted by atomic mass is 16.5. The number of fused-ring (bicyclic) bond motifs is 9. The van der Waals surface area contributed by atoms with Crippen LogP contribution in [0.2, 0.25) is 0 Å². The molecule has 4 aliphatic carbocycles. The van der Waals surface area contributed by atoms with Crippen LogP contribution >= 0.6 is 0 Å². The molecule has 1 fully saturated rings. The van der Waals surface area contributed by atoms with Crippen LogP contribution in [-0.2, 0) is 11.8 Å². The molecule has 7 aromatic carbocycles. The van der Waals surface area contributed by atoms with E-state index >= 15 is 0 Å². The van der Waals surface area contributed by atoms with Crippen molar-refractivity contribution >= 4 is 95.7 Å². The second kappa shape index (κ2) is 13.3. The van der Waals surface area contributed by atoms with Crippen LogP contribution < -0.4 is 25.0 Å². The van der Waals surface area contributed by atoms with Crippen molar-refractivity contribution in [2.45, 2.75) is 44.6 Å². The summed E-state index contributed by atoms with van der Waals surface area (Å²) in [6.45, 7) is 5.15. The average molecular weight is 825 g/mol. The van der Waals surface area contributed by atoms with Crippen LogP contribution in [-0.4, -0.2) is 23.5 Å². The lowest BCUT2D eigenvalue weighted by Gasteiger charge is -2.31. The molecule has 2 aliphatic heterocycles.